The van der Waals surface area contributed by atoms with E-state index in [1.165, 1.54) is 12.1 Å². The zero-order valence-corrected chi connectivity index (χ0v) is 13.7. The molecule has 1 aromatic heterocycles. The zero-order valence-electron chi connectivity index (χ0n) is 13.7. The summed E-state index contributed by atoms with van der Waals surface area (Å²) in [6, 6.07) is 4.56. The Balaban J connectivity index is 1.65. The van der Waals surface area contributed by atoms with Crippen LogP contribution in [0.25, 0.3) is 11.0 Å². The van der Waals surface area contributed by atoms with E-state index in [0.717, 1.165) is 29.7 Å². The molecule has 0 bridgehead atoms. The first-order valence-corrected chi connectivity index (χ1v) is 7.95. The highest BCUT2D eigenvalue weighted by molar-refractivity contribution is 5.75. The minimum atomic E-state index is -0.475. The van der Waals surface area contributed by atoms with Gasteiger partial charge in [-0.3, -0.25) is 0 Å². The van der Waals surface area contributed by atoms with Crippen LogP contribution in [-0.4, -0.2) is 39.7 Å². The first kappa shape index (κ1) is 15.8. The van der Waals surface area contributed by atoms with Crippen molar-refractivity contribution in [2.45, 2.75) is 45.1 Å². The molecule has 0 spiro atoms. The number of ether oxygens (including phenoxy) is 1. The van der Waals surface area contributed by atoms with Gasteiger partial charge in [0.15, 0.2) is 0 Å². The smallest absolute Gasteiger partial charge is 0.410 e. The second-order valence-corrected chi connectivity index (χ2v) is 7.03. The maximum absolute atomic E-state index is 13.3. The quantitative estimate of drug-likeness (QED) is 0.869. The first-order chi connectivity index (χ1) is 10.8. The first-order valence-electron chi connectivity index (χ1n) is 7.95. The van der Waals surface area contributed by atoms with E-state index in [4.69, 9.17) is 4.74 Å². The maximum atomic E-state index is 13.3. The average molecular weight is 319 g/mol. The van der Waals surface area contributed by atoms with E-state index in [1.807, 2.05) is 20.8 Å². The van der Waals surface area contributed by atoms with Crippen molar-refractivity contribution in [3.63, 3.8) is 0 Å². The van der Waals surface area contributed by atoms with Crippen LogP contribution in [0.3, 0.4) is 0 Å². The monoisotopic (exact) mass is 319 g/mol. The Bertz CT molecular complexity index is 712. The molecule has 124 valence electrons. The largest absolute Gasteiger partial charge is 0.444 e. The lowest BCUT2D eigenvalue weighted by molar-refractivity contribution is 0.0203. The zero-order chi connectivity index (χ0) is 16.6. The van der Waals surface area contributed by atoms with Gasteiger partial charge in [-0.15, -0.1) is 0 Å². The van der Waals surface area contributed by atoms with Crippen LogP contribution < -0.4 is 0 Å². The van der Waals surface area contributed by atoms with Gasteiger partial charge < -0.3 is 14.6 Å². The molecule has 0 unspecified atom stereocenters. The third-order valence-corrected chi connectivity index (χ3v) is 4.00. The number of H-pyrrole nitrogens is 1. The van der Waals surface area contributed by atoms with Gasteiger partial charge in [0.25, 0.3) is 0 Å². The minimum absolute atomic E-state index is 0.254. The van der Waals surface area contributed by atoms with Gasteiger partial charge in [-0.1, -0.05) is 0 Å². The van der Waals surface area contributed by atoms with Crippen molar-refractivity contribution in [2.75, 3.05) is 13.1 Å². The number of nitrogens with zero attached hydrogens (tertiary/aromatic N) is 2. The van der Waals surface area contributed by atoms with Crippen LogP contribution in [0.15, 0.2) is 18.2 Å². The molecule has 1 aromatic carbocycles. The fourth-order valence-electron chi connectivity index (χ4n) is 2.86. The van der Waals surface area contributed by atoms with Crippen molar-refractivity contribution in [1.29, 1.82) is 0 Å². The number of carbonyl (C=O) groups excluding carboxylic acids is 1. The van der Waals surface area contributed by atoms with Crippen molar-refractivity contribution >= 4 is 17.1 Å². The molecular weight excluding hydrogens is 297 g/mol. The lowest BCUT2D eigenvalue weighted by Crippen LogP contribution is -2.41. The van der Waals surface area contributed by atoms with Crippen LogP contribution in [0.4, 0.5) is 9.18 Å². The SMILES string of the molecule is CC(C)(C)OC(=O)N1CCC(c2nc3ccc(F)cc3[nH]2)CC1. The summed E-state index contributed by atoms with van der Waals surface area (Å²) in [4.78, 5) is 21.6. The number of carbonyl (C=O) groups is 1. The number of halogens is 1. The predicted molar refractivity (Wildman–Crippen MR) is 85.8 cm³/mol. The summed E-state index contributed by atoms with van der Waals surface area (Å²) < 4.78 is 18.7. The van der Waals surface area contributed by atoms with Gasteiger partial charge in [-0.25, -0.2) is 14.2 Å². The van der Waals surface area contributed by atoms with Crippen LogP contribution in [0.2, 0.25) is 0 Å². The summed E-state index contributed by atoms with van der Waals surface area (Å²) in [5.74, 6) is 0.853. The molecule has 1 N–H and O–H groups in total. The van der Waals surface area contributed by atoms with Crippen molar-refractivity contribution in [2.24, 2.45) is 0 Å². The molecule has 2 aromatic rings. The molecule has 6 heteroatoms. The molecule has 0 radical (unpaired) electrons. The normalized spacial score (nSPS) is 16.8. The van der Waals surface area contributed by atoms with Crippen LogP contribution in [0, 0.1) is 5.82 Å². The molecule has 1 aliphatic heterocycles. The number of benzene rings is 1. The van der Waals surface area contributed by atoms with Crippen LogP contribution in [-0.2, 0) is 4.74 Å². The highest BCUT2D eigenvalue weighted by Crippen LogP contribution is 2.28. The molecule has 0 atom stereocenters. The van der Waals surface area contributed by atoms with Crippen molar-refractivity contribution < 1.29 is 13.9 Å². The number of hydrogen-bond acceptors (Lipinski definition) is 3. The number of imidazole rings is 1. The Morgan fingerprint density at radius 2 is 2.04 bits per heavy atom. The molecule has 2 heterocycles. The number of aromatic nitrogens is 2. The molecule has 1 fully saturated rings. The molecule has 23 heavy (non-hydrogen) atoms. The summed E-state index contributed by atoms with van der Waals surface area (Å²) in [6.07, 6.45) is 1.38. The van der Waals surface area contributed by atoms with E-state index in [2.05, 4.69) is 9.97 Å². The molecule has 1 aliphatic rings. The van der Waals surface area contributed by atoms with Crippen molar-refractivity contribution in [3.8, 4) is 0 Å². The van der Waals surface area contributed by atoms with E-state index in [-0.39, 0.29) is 17.8 Å². The highest BCUT2D eigenvalue weighted by atomic mass is 19.1. The summed E-state index contributed by atoms with van der Waals surface area (Å²) in [7, 11) is 0. The van der Waals surface area contributed by atoms with Gasteiger partial charge in [-0.05, 0) is 51.8 Å². The average Bonchev–Trinajstić information content (AvgIpc) is 2.88. The van der Waals surface area contributed by atoms with Crippen LogP contribution in [0.1, 0.15) is 45.4 Å². The Hall–Kier alpha value is -2.11. The van der Waals surface area contributed by atoms with E-state index in [0.29, 0.717) is 13.1 Å². The van der Waals surface area contributed by atoms with E-state index in [9.17, 15) is 9.18 Å². The minimum Gasteiger partial charge on any atom is -0.444 e. The van der Waals surface area contributed by atoms with Gasteiger partial charge in [-0.2, -0.15) is 0 Å². The topological polar surface area (TPSA) is 58.2 Å². The second-order valence-electron chi connectivity index (χ2n) is 7.03. The van der Waals surface area contributed by atoms with Gasteiger partial charge >= 0.3 is 6.09 Å². The number of piperidine rings is 1. The number of likely N-dealkylation sites (tertiary alicyclic amines) is 1. The molecule has 0 aliphatic carbocycles. The van der Waals surface area contributed by atoms with Crippen LogP contribution in [0.5, 0.6) is 0 Å². The Kier molecular flexibility index (Phi) is 4.00. The van der Waals surface area contributed by atoms with Gasteiger partial charge in [0.1, 0.15) is 17.2 Å². The lowest BCUT2D eigenvalue weighted by atomic mass is 9.96. The molecule has 1 amide bonds. The highest BCUT2D eigenvalue weighted by Gasteiger charge is 2.28. The number of fused-ring (bicyclic) bond motifs is 1. The lowest BCUT2D eigenvalue weighted by Gasteiger charge is -2.32. The van der Waals surface area contributed by atoms with Crippen LogP contribution >= 0.6 is 0 Å². The molecule has 1 saturated heterocycles. The fraction of sp³-hybridized carbons (Fsp3) is 0.529. The van der Waals surface area contributed by atoms with Crippen molar-refractivity contribution in [3.05, 3.63) is 29.8 Å². The van der Waals surface area contributed by atoms with Crippen molar-refractivity contribution in [1.82, 2.24) is 14.9 Å². The second kappa shape index (κ2) is 5.83. The number of nitrogens with one attached hydrogen (secondary N) is 1. The maximum Gasteiger partial charge on any atom is 0.410 e. The number of hydrogen-bond donors (Lipinski definition) is 1. The Morgan fingerprint density at radius 1 is 1.35 bits per heavy atom. The molecular formula is C17H22FN3O2. The molecule has 5 nitrogen and oxygen atoms in total. The third-order valence-electron chi connectivity index (χ3n) is 4.00. The summed E-state index contributed by atoms with van der Waals surface area (Å²) >= 11 is 0. The molecule has 0 saturated carbocycles. The van der Waals surface area contributed by atoms with Gasteiger partial charge in [0.2, 0.25) is 0 Å². The standard InChI is InChI=1S/C17H22FN3O2/c1-17(2,3)23-16(22)21-8-6-11(7-9-21)15-19-13-5-4-12(18)10-14(13)20-15/h4-5,10-11H,6-9H2,1-3H3,(H,19,20). The predicted octanol–water partition coefficient (Wildman–Crippen LogP) is 3.82. The number of rotatable bonds is 1. The summed E-state index contributed by atoms with van der Waals surface area (Å²) in [5.41, 5.74) is 1.02. The summed E-state index contributed by atoms with van der Waals surface area (Å²) in [5, 5.41) is 0. The number of amides is 1. The van der Waals surface area contributed by atoms with E-state index >= 15 is 0 Å². The van der Waals surface area contributed by atoms with Gasteiger partial charge in [0.05, 0.1) is 11.0 Å². The van der Waals surface area contributed by atoms with E-state index in [1.54, 1.807) is 11.0 Å². The molecule has 3 rings (SSSR count). The third kappa shape index (κ3) is 3.63. The Labute approximate surface area is 134 Å². The fourth-order valence-corrected chi connectivity index (χ4v) is 2.86. The van der Waals surface area contributed by atoms with E-state index < -0.39 is 5.60 Å². The number of aromatic amines is 1. The summed E-state index contributed by atoms with van der Waals surface area (Å²) in [6.45, 7) is 6.89. The van der Waals surface area contributed by atoms with Gasteiger partial charge in [0, 0.05) is 19.0 Å². The Morgan fingerprint density at radius 3 is 2.70 bits per heavy atom.